The second kappa shape index (κ2) is 4.82. The van der Waals surface area contributed by atoms with E-state index in [-0.39, 0.29) is 5.82 Å². The molecule has 86 valence electrons. The van der Waals surface area contributed by atoms with E-state index in [1.54, 1.807) is 6.07 Å². The van der Waals surface area contributed by atoms with Gasteiger partial charge in [-0.2, -0.15) is 5.26 Å². The zero-order valence-corrected chi connectivity index (χ0v) is 10.6. The average molecular weight is 267 g/mol. The Morgan fingerprint density at radius 1 is 1.53 bits per heavy atom. The van der Waals surface area contributed by atoms with Gasteiger partial charge in [0.15, 0.2) is 0 Å². The van der Waals surface area contributed by atoms with E-state index in [0.717, 1.165) is 10.6 Å². The van der Waals surface area contributed by atoms with Crippen LogP contribution in [0.5, 0.6) is 0 Å². The molecule has 0 unspecified atom stereocenters. The molecule has 0 fully saturated rings. The first-order chi connectivity index (χ1) is 8.11. The van der Waals surface area contributed by atoms with Crippen LogP contribution in [0.1, 0.15) is 10.6 Å². The van der Waals surface area contributed by atoms with E-state index in [4.69, 9.17) is 16.9 Å². The van der Waals surface area contributed by atoms with E-state index in [1.807, 2.05) is 6.92 Å². The largest absolute Gasteiger partial charge is 0.241 e. The van der Waals surface area contributed by atoms with Crippen LogP contribution < -0.4 is 0 Å². The Morgan fingerprint density at radius 3 is 3.00 bits per heavy atom. The highest BCUT2D eigenvalue weighted by Gasteiger charge is 2.13. The van der Waals surface area contributed by atoms with E-state index in [0.29, 0.717) is 22.0 Å². The van der Waals surface area contributed by atoms with Crippen LogP contribution in [0, 0.1) is 24.1 Å². The van der Waals surface area contributed by atoms with Gasteiger partial charge in [-0.15, -0.1) is 11.3 Å². The van der Waals surface area contributed by atoms with Crippen molar-refractivity contribution in [1.29, 1.82) is 5.26 Å². The van der Waals surface area contributed by atoms with Crippen LogP contribution in [-0.4, -0.2) is 4.98 Å². The number of halogens is 2. The minimum Gasteiger partial charge on any atom is -0.241 e. The highest BCUT2D eigenvalue weighted by atomic mass is 35.5. The lowest BCUT2D eigenvalue weighted by molar-refractivity contribution is 0.631. The molecule has 0 bridgehead atoms. The fraction of sp³-hybridized carbons (Fsp3) is 0.167. The van der Waals surface area contributed by atoms with Gasteiger partial charge in [-0.1, -0.05) is 11.6 Å². The molecule has 0 radical (unpaired) electrons. The molecule has 0 N–H and O–H groups in total. The van der Waals surface area contributed by atoms with Crippen molar-refractivity contribution in [2.75, 3.05) is 0 Å². The van der Waals surface area contributed by atoms with Crippen LogP contribution in [0.15, 0.2) is 18.2 Å². The molecule has 2 aromatic rings. The van der Waals surface area contributed by atoms with Crippen LogP contribution in [0.4, 0.5) is 4.39 Å². The van der Waals surface area contributed by atoms with Crippen LogP contribution >= 0.6 is 22.9 Å². The Hall–Kier alpha value is -1.44. The van der Waals surface area contributed by atoms with Crippen molar-refractivity contribution in [3.8, 4) is 16.6 Å². The summed E-state index contributed by atoms with van der Waals surface area (Å²) in [5.74, 6) is -0.355. The molecule has 0 saturated carbocycles. The monoisotopic (exact) mass is 266 g/mol. The zero-order valence-electron chi connectivity index (χ0n) is 9.00. The first-order valence-corrected chi connectivity index (χ1v) is 6.10. The fourth-order valence-corrected chi connectivity index (χ4v) is 2.62. The predicted octanol–water partition coefficient (Wildman–Crippen LogP) is 3.98. The lowest BCUT2D eigenvalue weighted by Crippen LogP contribution is -1.83. The Bertz CT molecular complexity index is 601. The van der Waals surface area contributed by atoms with Gasteiger partial charge in [0.1, 0.15) is 10.8 Å². The van der Waals surface area contributed by atoms with Gasteiger partial charge >= 0.3 is 0 Å². The summed E-state index contributed by atoms with van der Waals surface area (Å²) < 4.78 is 13.6. The molecule has 0 amide bonds. The maximum atomic E-state index is 13.6. The van der Waals surface area contributed by atoms with Crippen molar-refractivity contribution in [1.82, 2.24) is 4.98 Å². The topological polar surface area (TPSA) is 36.7 Å². The number of rotatable bonds is 2. The summed E-state index contributed by atoms with van der Waals surface area (Å²) >= 11 is 7.16. The van der Waals surface area contributed by atoms with Gasteiger partial charge in [-0.25, -0.2) is 9.37 Å². The number of thiazole rings is 1. The van der Waals surface area contributed by atoms with Crippen LogP contribution in [0.2, 0.25) is 5.02 Å². The molecule has 1 heterocycles. The molecule has 5 heteroatoms. The Morgan fingerprint density at radius 2 is 2.29 bits per heavy atom. The second-order valence-electron chi connectivity index (χ2n) is 3.49. The first-order valence-electron chi connectivity index (χ1n) is 4.90. The summed E-state index contributed by atoms with van der Waals surface area (Å²) in [6.45, 7) is 1.81. The van der Waals surface area contributed by atoms with E-state index in [9.17, 15) is 4.39 Å². The lowest BCUT2D eigenvalue weighted by Gasteiger charge is -1.99. The minimum absolute atomic E-state index is 0.297. The molecule has 1 aromatic heterocycles. The minimum atomic E-state index is -0.355. The van der Waals surface area contributed by atoms with Gasteiger partial charge in [0.05, 0.1) is 18.2 Å². The number of hydrogen-bond acceptors (Lipinski definition) is 3. The zero-order chi connectivity index (χ0) is 12.4. The molecule has 0 aliphatic rings. The third-order valence-electron chi connectivity index (χ3n) is 2.29. The van der Waals surface area contributed by atoms with Gasteiger partial charge in [0, 0.05) is 15.5 Å². The first kappa shape index (κ1) is 12.0. The van der Waals surface area contributed by atoms with Crippen LogP contribution in [0.25, 0.3) is 10.6 Å². The molecule has 0 aliphatic heterocycles. The fourth-order valence-electron chi connectivity index (χ4n) is 1.44. The standard InChI is InChI=1S/C12H8ClFN2S/c1-7-11(4-5-15)17-12(16-7)9-6-8(13)2-3-10(9)14/h2-3,6H,4H2,1H3. The van der Waals surface area contributed by atoms with Gasteiger partial charge in [0.2, 0.25) is 0 Å². The summed E-state index contributed by atoms with van der Waals surface area (Å²) in [6.07, 6.45) is 0.297. The van der Waals surface area contributed by atoms with E-state index in [2.05, 4.69) is 11.1 Å². The van der Waals surface area contributed by atoms with Gasteiger partial charge in [-0.05, 0) is 25.1 Å². The van der Waals surface area contributed by atoms with Crippen molar-refractivity contribution in [2.45, 2.75) is 13.3 Å². The Kier molecular flexibility index (Phi) is 3.41. The SMILES string of the molecule is Cc1nc(-c2cc(Cl)ccc2F)sc1CC#N. The van der Waals surface area contributed by atoms with Crippen molar-refractivity contribution in [2.24, 2.45) is 0 Å². The van der Waals surface area contributed by atoms with Gasteiger partial charge in [-0.3, -0.25) is 0 Å². The molecule has 0 saturated heterocycles. The summed E-state index contributed by atoms with van der Waals surface area (Å²) in [4.78, 5) is 5.13. The number of hydrogen-bond donors (Lipinski definition) is 0. The number of benzene rings is 1. The Labute approximate surface area is 107 Å². The molecule has 0 aliphatic carbocycles. The molecule has 0 spiro atoms. The third kappa shape index (κ3) is 2.46. The number of aromatic nitrogens is 1. The Balaban J connectivity index is 2.50. The molecule has 17 heavy (non-hydrogen) atoms. The quantitative estimate of drug-likeness (QED) is 0.824. The normalized spacial score (nSPS) is 10.2. The van der Waals surface area contributed by atoms with Crippen molar-refractivity contribution in [3.63, 3.8) is 0 Å². The average Bonchev–Trinajstić information content (AvgIpc) is 2.64. The van der Waals surface area contributed by atoms with E-state index >= 15 is 0 Å². The van der Waals surface area contributed by atoms with Crippen molar-refractivity contribution >= 4 is 22.9 Å². The molecule has 1 aromatic carbocycles. The van der Waals surface area contributed by atoms with E-state index < -0.39 is 0 Å². The molecule has 2 nitrogen and oxygen atoms in total. The molecule has 2 rings (SSSR count). The summed E-state index contributed by atoms with van der Waals surface area (Å²) in [6, 6.07) is 6.43. The summed E-state index contributed by atoms with van der Waals surface area (Å²) in [7, 11) is 0. The third-order valence-corrected chi connectivity index (χ3v) is 3.72. The molecular formula is C12H8ClFN2S. The van der Waals surface area contributed by atoms with Crippen molar-refractivity contribution in [3.05, 3.63) is 39.6 Å². The van der Waals surface area contributed by atoms with Crippen molar-refractivity contribution < 1.29 is 4.39 Å². The smallest absolute Gasteiger partial charge is 0.133 e. The predicted molar refractivity (Wildman–Crippen MR) is 66.6 cm³/mol. The summed E-state index contributed by atoms with van der Waals surface area (Å²) in [5.41, 5.74) is 1.15. The van der Waals surface area contributed by atoms with E-state index in [1.165, 1.54) is 23.5 Å². The number of nitrogens with zero attached hydrogens (tertiary/aromatic N) is 2. The van der Waals surface area contributed by atoms with Crippen LogP contribution in [0.3, 0.4) is 0 Å². The molecular weight excluding hydrogens is 259 g/mol. The highest BCUT2D eigenvalue weighted by Crippen LogP contribution is 2.31. The highest BCUT2D eigenvalue weighted by molar-refractivity contribution is 7.15. The number of aryl methyl sites for hydroxylation is 1. The summed E-state index contributed by atoms with van der Waals surface area (Å²) in [5, 5.41) is 9.69. The van der Waals surface area contributed by atoms with Gasteiger partial charge in [0.25, 0.3) is 0 Å². The van der Waals surface area contributed by atoms with Gasteiger partial charge < -0.3 is 0 Å². The maximum absolute atomic E-state index is 13.6. The number of nitriles is 1. The second-order valence-corrected chi connectivity index (χ2v) is 5.01. The molecule has 0 atom stereocenters. The van der Waals surface area contributed by atoms with Crippen LogP contribution in [-0.2, 0) is 6.42 Å². The lowest BCUT2D eigenvalue weighted by atomic mass is 10.2. The maximum Gasteiger partial charge on any atom is 0.133 e.